The zero-order chi connectivity index (χ0) is 18.3. The van der Waals surface area contributed by atoms with Crippen molar-refractivity contribution in [3.63, 3.8) is 0 Å². The molecule has 2 aromatic rings. The third kappa shape index (κ3) is 3.05. The minimum Gasteiger partial charge on any atom is -0.486 e. The van der Waals surface area contributed by atoms with Crippen LogP contribution in [0, 0.1) is 13.8 Å². The highest BCUT2D eigenvalue weighted by Crippen LogP contribution is 2.34. The van der Waals surface area contributed by atoms with E-state index in [9.17, 15) is 9.59 Å². The van der Waals surface area contributed by atoms with Gasteiger partial charge in [-0.25, -0.2) is 4.98 Å². The van der Waals surface area contributed by atoms with E-state index < -0.39 is 0 Å². The summed E-state index contributed by atoms with van der Waals surface area (Å²) in [7, 11) is 0. The Labute approximate surface area is 154 Å². The van der Waals surface area contributed by atoms with E-state index in [0.29, 0.717) is 46.9 Å². The Morgan fingerprint density at radius 2 is 2.08 bits per heavy atom. The highest BCUT2D eigenvalue weighted by Gasteiger charge is 2.28. The summed E-state index contributed by atoms with van der Waals surface area (Å²) in [5.41, 5.74) is 1.97. The fourth-order valence-corrected chi connectivity index (χ4v) is 4.25. The van der Waals surface area contributed by atoms with E-state index >= 15 is 0 Å². The number of benzene rings is 1. The van der Waals surface area contributed by atoms with Gasteiger partial charge in [0.25, 0.3) is 5.56 Å². The largest absolute Gasteiger partial charge is 0.486 e. The molecule has 0 aliphatic carbocycles. The monoisotopic (exact) mass is 373 g/mol. The van der Waals surface area contributed by atoms with Crippen LogP contribution in [0.15, 0.2) is 28.2 Å². The van der Waals surface area contributed by atoms with Crippen LogP contribution in [-0.2, 0) is 4.79 Å². The maximum Gasteiger partial charge on any atom is 0.257 e. The summed E-state index contributed by atoms with van der Waals surface area (Å²) in [6.45, 7) is 4.63. The molecular formula is C18H19N3O4S. The van der Waals surface area contributed by atoms with Crippen molar-refractivity contribution in [1.82, 2.24) is 9.55 Å². The first-order valence-corrected chi connectivity index (χ1v) is 9.43. The molecule has 1 aromatic heterocycles. The number of anilines is 1. The number of hydrogen-bond acceptors (Lipinski definition) is 6. The van der Waals surface area contributed by atoms with Gasteiger partial charge in [0.05, 0.1) is 6.04 Å². The first-order chi connectivity index (χ1) is 12.5. The number of aromatic nitrogens is 2. The minimum absolute atomic E-state index is 0.0605. The van der Waals surface area contributed by atoms with Crippen LogP contribution in [0.1, 0.15) is 23.7 Å². The van der Waals surface area contributed by atoms with Crippen LogP contribution in [0.4, 0.5) is 5.69 Å². The summed E-state index contributed by atoms with van der Waals surface area (Å²) in [6.07, 6.45) is 0.221. The van der Waals surface area contributed by atoms with Gasteiger partial charge in [0.1, 0.15) is 13.2 Å². The molecular weight excluding hydrogens is 354 g/mol. The second-order valence-corrected chi connectivity index (χ2v) is 7.34. The fraction of sp³-hybridized carbons (Fsp3) is 0.389. The molecule has 0 fully saturated rings. The predicted molar refractivity (Wildman–Crippen MR) is 98.4 cm³/mol. The van der Waals surface area contributed by atoms with Gasteiger partial charge in [0.15, 0.2) is 16.7 Å². The van der Waals surface area contributed by atoms with Gasteiger partial charge >= 0.3 is 0 Å². The average Bonchev–Trinajstić information content (AvgIpc) is 3.02. The highest BCUT2D eigenvalue weighted by atomic mass is 32.2. The Kier molecular flexibility index (Phi) is 4.36. The minimum atomic E-state index is -0.188. The molecule has 0 saturated carbocycles. The molecule has 0 saturated heterocycles. The number of ether oxygens (including phenoxy) is 2. The third-order valence-corrected chi connectivity index (χ3v) is 5.67. The third-order valence-electron chi connectivity index (χ3n) is 4.57. The van der Waals surface area contributed by atoms with Crippen molar-refractivity contribution in [2.75, 3.05) is 24.3 Å². The molecule has 4 rings (SSSR count). The number of carbonyl (C=O) groups excluding carboxylic acids is 1. The Morgan fingerprint density at radius 1 is 1.31 bits per heavy atom. The van der Waals surface area contributed by atoms with E-state index in [0.717, 1.165) is 5.69 Å². The molecule has 7 nitrogen and oxygen atoms in total. The Morgan fingerprint density at radius 3 is 2.88 bits per heavy atom. The molecule has 26 heavy (non-hydrogen) atoms. The first-order valence-electron chi connectivity index (χ1n) is 8.45. The molecule has 0 radical (unpaired) electrons. The number of thioether (sulfide) groups is 1. The van der Waals surface area contributed by atoms with Crippen molar-refractivity contribution >= 4 is 23.4 Å². The van der Waals surface area contributed by atoms with Crippen molar-refractivity contribution in [1.29, 1.82) is 0 Å². The molecule has 1 N–H and O–H groups in total. The van der Waals surface area contributed by atoms with Gasteiger partial charge in [0.2, 0.25) is 5.91 Å². The fourth-order valence-electron chi connectivity index (χ4n) is 3.07. The lowest BCUT2D eigenvalue weighted by molar-refractivity contribution is -0.116. The van der Waals surface area contributed by atoms with Crippen LogP contribution in [0.5, 0.6) is 11.5 Å². The number of nitrogens with zero attached hydrogens (tertiary/aromatic N) is 2. The Bertz CT molecular complexity index is 941. The van der Waals surface area contributed by atoms with Crippen LogP contribution < -0.4 is 20.3 Å². The average molecular weight is 373 g/mol. The zero-order valence-electron chi connectivity index (χ0n) is 14.6. The maximum absolute atomic E-state index is 12.5. The van der Waals surface area contributed by atoms with Crippen LogP contribution >= 0.6 is 11.8 Å². The lowest BCUT2D eigenvalue weighted by Crippen LogP contribution is -2.29. The van der Waals surface area contributed by atoms with Gasteiger partial charge < -0.3 is 14.8 Å². The normalized spacial score (nSPS) is 17.7. The molecule has 0 spiro atoms. The summed E-state index contributed by atoms with van der Waals surface area (Å²) >= 11 is 1.52. The lowest BCUT2D eigenvalue weighted by atomic mass is 10.2. The second-order valence-electron chi connectivity index (χ2n) is 6.36. The number of rotatable bonds is 3. The molecule has 2 aliphatic rings. The molecule has 1 unspecified atom stereocenters. The number of fused-ring (bicyclic) bond motifs is 2. The lowest BCUT2D eigenvalue weighted by Gasteiger charge is -2.19. The van der Waals surface area contributed by atoms with Crippen molar-refractivity contribution in [3.8, 4) is 11.5 Å². The van der Waals surface area contributed by atoms with Crippen LogP contribution in [-0.4, -0.2) is 34.4 Å². The summed E-state index contributed by atoms with van der Waals surface area (Å²) in [5, 5.41) is 3.57. The molecule has 1 aromatic carbocycles. The molecule has 3 heterocycles. The molecule has 8 heteroatoms. The highest BCUT2D eigenvalue weighted by molar-refractivity contribution is 7.99. The van der Waals surface area contributed by atoms with Gasteiger partial charge in [0, 0.05) is 35.2 Å². The van der Waals surface area contributed by atoms with Crippen LogP contribution in [0.2, 0.25) is 0 Å². The summed E-state index contributed by atoms with van der Waals surface area (Å²) in [6, 6.07) is 5.13. The SMILES string of the molecule is Cc1nc2n(c(=O)c1C)C(CC(=O)Nc1ccc3c(c1)OCCO3)CS2. The summed E-state index contributed by atoms with van der Waals surface area (Å²) in [4.78, 5) is 29.5. The van der Waals surface area contributed by atoms with E-state index in [4.69, 9.17) is 9.47 Å². The molecule has 1 atom stereocenters. The standard InChI is InChI=1S/C18H19N3O4S/c1-10-11(2)19-18-21(17(10)23)13(9-26-18)8-16(22)20-12-3-4-14-15(7-12)25-6-5-24-14/h3-4,7,13H,5-6,8-9H2,1-2H3,(H,20,22). The Hall–Kier alpha value is -2.48. The van der Waals surface area contributed by atoms with E-state index in [2.05, 4.69) is 10.3 Å². The number of amides is 1. The van der Waals surface area contributed by atoms with Crippen molar-refractivity contribution in [3.05, 3.63) is 39.8 Å². The van der Waals surface area contributed by atoms with Gasteiger partial charge in [-0.3, -0.25) is 14.2 Å². The quantitative estimate of drug-likeness (QED) is 0.832. The van der Waals surface area contributed by atoms with Crippen molar-refractivity contribution < 1.29 is 14.3 Å². The van der Waals surface area contributed by atoms with Gasteiger partial charge in [-0.05, 0) is 26.0 Å². The van der Waals surface area contributed by atoms with E-state index in [1.54, 1.807) is 29.7 Å². The summed E-state index contributed by atoms with van der Waals surface area (Å²) < 4.78 is 12.7. The van der Waals surface area contributed by atoms with Crippen molar-refractivity contribution in [2.45, 2.75) is 31.5 Å². The molecule has 136 valence electrons. The second kappa shape index (κ2) is 6.68. The molecule has 2 aliphatic heterocycles. The van der Waals surface area contributed by atoms with E-state index in [-0.39, 0.29) is 23.9 Å². The maximum atomic E-state index is 12.5. The van der Waals surface area contributed by atoms with Crippen LogP contribution in [0.3, 0.4) is 0 Å². The number of aryl methyl sites for hydroxylation is 1. The van der Waals surface area contributed by atoms with Crippen molar-refractivity contribution in [2.24, 2.45) is 0 Å². The number of carbonyl (C=O) groups is 1. The zero-order valence-corrected chi connectivity index (χ0v) is 15.4. The number of nitrogens with one attached hydrogen (secondary N) is 1. The first kappa shape index (κ1) is 17.0. The Balaban J connectivity index is 1.49. The summed E-state index contributed by atoms with van der Waals surface area (Å²) in [5.74, 6) is 1.83. The van der Waals surface area contributed by atoms with E-state index in [1.165, 1.54) is 11.8 Å². The predicted octanol–water partition coefficient (Wildman–Crippen LogP) is 2.31. The number of hydrogen-bond donors (Lipinski definition) is 1. The van der Waals surface area contributed by atoms with Gasteiger partial charge in [-0.1, -0.05) is 11.8 Å². The van der Waals surface area contributed by atoms with Gasteiger partial charge in [-0.15, -0.1) is 0 Å². The molecule has 1 amide bonds. The smallest absolute Gasteiger partial charge is 0.257 e. The van der Waals surface area contributed by atoms with Gasteiger partial charge in [-0.2, -0.15) is 0 Å². The molecule has 0 bridgehead atoms. The topological polar surface area (TPSA) is 82.5 Å². The van der Waals surface area contributed by atoms with Crippen LogP contribution in [0.25, 0.3) is 0 Å². The van der Waals surface area contributed by atoms with E-state index in [1.807, 2.05) is 6.92 Å².